The average Bonchev–Trinajstić information content (AvgIpc) is 3.23. The van der Waals surface area contributed by atoms with Gasteiger partial charge < -0.3 is 15.7 Å². The number of hydrazine groups is 1. The van der Waals surface area contributed by atoms with Crippen molar-refractivity contribution in [3.8, 4) is 0 Å². The molecule has 1 amide bonds. The van der Waals surface area contributed by atoms with Crippen LogP contribution < -0.4 is 16.1 Å². The molecule has 1 aromatic carbocycles. The summed E-state index contributed by atoms with van der Waals surface area (Å²) in [6, 6.07) is 8.49. The summed E-state index contributed by atoms with van der Waals surface area (Å²) in [4.78, 5) is 17.0. The van der Waals surface area contributed by atoms with Crippen LogP contribution >= 0.6 is 0 Å². The Hall–Kier alpha value is -3.34. The van der Waals surface area contributed by atoms with Gasteiger partial charge in [-0.15, -0.1) is 5.23 Å². The molecule has 1 aromatic heterocycles. The van der Waals surface area contributed by atoms with E-state index >= 15 is 0 Å². The van der Waals surface area contributed by atoms with E-state index in [0.29, 0.717) is 31.2 Å². The molecule has 3 heterocycles. The van der Waals surface area contributed by atoms with Crippen molar-refractivity contribution in [2.45, 2.75) is 37.8 Å². The lowest BCUT2D eigenvalue weighted by molar-refractivity contribution is -0.115. The zero-order valence-electron chi connectivity index (χ0n) is 19.0. The normalized spacial score (nSPS) is 22.1. The van der Waals surface area contributed by atoms with Crippen LogP contribution in [0.1, 0.15) is 41.6 Å². The molecule has 0 bridgehead atoms. The highest BCUT2D eigenvalue weighted by molar-refractivity contribution is 5.91. The maximum atomic E-state index is 14.8. The SMILES string of the molecule is CNCc1ccc(C2CC3=C4C(=CNC(=O)C=C4N(F)NC3)C2c2ncnn2CCCO)cc1. The summed E-state index contributed by atoms with van der Waals surface area (Å²) in [6.45, 7) is 1.69. The molecule has 2 atom stereocenters. The molecule has 0 radical (unpaired) electrons. The Morgan fingerprint density at radius 2 is 2.12 bits per heavy atom. The lowest BCUT2D eigenvalue weighted by atomic mass is 9.68. The van der Waals surface area contributed by atoms with Gasteiger partial charge in [-0.3, -0.25) is 4.79 Å². The lowest BCUT2D eigenvalue weighted by Crippen LogP contribution is -2.41. The molecule has 5 rings (SSSR count). The maximum absolute atomic E-state index is 14.8. The number of aliphatic hydroxyl groups is 1. The lowest BCUT2D eigenvalue weighted by Gasteiger charge is -2.40. The number of allylic oxidation sites excluding steroid dienone is 1. The minimum absolute atomic E-state index is 0.00919. The smallest absolute Gasteiger partial charge is 0.250 e. The van der Waals surface area contributed by atoms with Crippen LogP contribution in [0.5, 0.6) is 0 Å². The van der Waals surface area contributed by atoms with Crippen molar-refractivity contribution in [2.75, 3.05) is 20.2 Å². The third-order valence-corrected chi connectivity index (χ3v) is 6.62. The van der Waals surface area contributed by atoms with Crippen molar-refractivity contribution in [1.29, 1.82) is 0 Å². The summed E-state index contributed by atoms with van der Waals surface area (Å²) in [7, 11) is 1.92. The van der Waals surface area contributed by atoms with E-state index in [0.717, 1.165) is 34.7 Å². The first-order valence-corrected chi connectivity index (χ1v) is 11.5. The Balaban J connectivity index is 1.66. The Morgan fingerprint density at radius 3 is 2.88 bits per heavy atom. The van der Waals surface area contributed by atoms with Crippen LogP contribution in [0.2, 0.25) is 0 Å². The third kappa shape index (κ3) is 4.04. The van der Waals surface area contributed by atoms with Gasteiger partial charge >= 0.3 is 0 Å². The van der Waals surface area contributed by atoms with Crippen molar-refractivity contribution in [3.05, 3.63) is 82.2 Å². The van der Waals surface area contributed by atoms with Gasteiger partial charge in [-0.25, -0.2) is 15.1 Å². The summed E-state index contributed by atoms with van der Waals surface area (Å²) in [5, 5.41) is 20.2. The van der Waals surface area contributed by atoms with Crippen LogP contribution in [0, 0.1) is 0 Å². The number of aromatic nitrogens is 3. The monoisotopic (exact) mass is 465 g/mol. The molecule has 178 valence electrons. The standard InChI is InChI=1S/C24H28FN7O2/c1-26-11-15-3-5-16(6-4-15)18-9-17-12-29-32(25)20-10-21(34)27-13-19(22(17)20)23(18)24-28-14-30-31(24)7-2-8-33/h3-6,10,13-14,18,23,26,29,33H,2,7-9,11-12H2,1H3,(H,27,34). The van der Waals surface area contributed by atoms with Crippen LogP contribution in [-0.4, -0.2) is 51.2 Å². The molecule has 9 nitrogen and oxygen atoms in total. The van der Waals surface area contributed by atoms with E-state index in [1.165, 1.54) is 18.0 Å². The molecule has 0 saturated heterocycles. The molecule has 2 aromatic rings. The summed E-state index contributed by atoms with van der Waals surface area (Å²) in [5.74, 6) is 0.0943. The van der Waals surface area contributed by atoms with Gasteiger partial charge in [0.25, 0.3) is 0 Å². The second-order valence-corrected chi connectivity index (χ2v) is 8.71. The van der Waals surface area contributed by atoms with Gasteiger partial charge in [0.1, 0.15) is 17.8 Å². The first-order valence-electron chi connectivity index (χ1n) is 11.5. The quantitative estimate of drug-likeness (QED) is 0.460. The highest BCUT2D eigenvalue weighted by Crippen LogP contribution is 2.52. The topological polar surface area (TPSA) is 107 Å². The first-order chi connectivity index (χ1) is 16.6. The van der Waals surface area contributed by atoms with E-state index in [4.69, 9.17) is 0 Å². The van der Waals surface area contributed by atoms with E-state index in [2.05, 4.69) is 50.4 Å². The number of benzene rings is 1. The minimum Gasteiger partial charge on any atom is -0.396 e. The summed E-state index contributed by atoms with van der Waals surface area (Å²) < 4.78 is 16.6. The summed E-state index contributed by atoms with van der Waals surface area (Å²) in [6.07, 6.45) is 5.72. The molecule has 4 N–H and O–H groups in total. The van der Waals surface area contributed by atoms with E-state index in [1.807, 2.05) is 7.05 Å². The number of rotatable bonds is 7. The molecule has 2 aliphatic heterocycles. The number of nitrogens with one attached hydrogen (secondary N) is 3. The van der Waals surface area contributed by atoms with E-state index in [9.17, 15) is 14.4 Å². The predicted octanol–water partition coefficient (Wildman–Crippen LogP) is 1.55. The van der Waals surface area contributed by atoms with Crippen LogP contribution in [0.3, 0.4) is 0 Å². The van der Waals surface area contributed by atoms with Gasteiger partial charge in [-0.05, 0) is 42.2 Å². The van der Waals surface area contributed by atoms with Gasteiger partial charge in [0, 0.05) is 50.0 Å². The van der Waals surface area contributed by atoms with Crippen molar-refractivity contribution >= 4 is 5.91 Å². The van der Waals surface area contributed by atoms with Crippen molar-refractivity contribution in [2.24, 2.45) is 0 Å². The van der Waals surface area contributed by atoms with Gasteiger partial charge in [-0.1, -0.05) is 28.7 Å². The largest absolute Gasteiger partial charge is 0.396 e. The van der Waals surface area contributed by atoms with Crippen LogP contribution in [0.25, 0.3) is 0 Å². The number of aliphatic hydroxyl groups excluding tert-OH is 1. The maximum Gasteiger partial charge on any atom is 0.250 e. The average molecular weight is 466 g/mol. The van der Waals surface area contributed by atoms with Crippen LogP contribution in [0.4, 0.5) is 4.48 Å². The second kappa shape index (κ2) is 9.49. The number of halogens is 1. The number of amides is 1. The van der Waals surface area contributed by atoms with E-state index in [-0.39, 0.29) is 30.0 Å². The Morgan fingerprint density at radius 1 is 1.29 bits per heavy atom. The van der Waals surface area contributed by atoms with Crippen molar-refractivity contribution in [1.82, 2.24) is 36.1 Å². The van der Waals surface area contributed by atoms with E-state index < -0.39 is 0 Å². The molecule has 3 aliphatic rings. The number of nitrogens with zero attached hydrogens (tertiary/aromatic N) is 4. The fourth-order valence-corrected chi connectivity index (χ4v) is 5.13. The fraction of sp³-hybridized carbons (Fsp3) is 0.375. The molecule has 0 fully saturated rings. The van der Waals surface area contributed by atoms with Crippen molar-refractivity contribution < 1.29 is 14.4 Å². The van der Waals surface area contributed by atoms with Crippen molar-refractivity contribution in [3.63, 3.8) is 0 Å². The number of carbonyl (C=O) groups excluding carboxylic acids is 1. The van der Waals surface area contributed by atoms with Crippen LogP contribution in [-0.2, 0) is 17.9 Å². The highest BCUT2D eigenvalue weighted by atomic mass is 19.2. The zero-order chi connectivity index (χ0) is 23.7. The number of carbonyl (C=O) groups is 1. The number of hydrogen-bond acceptors (Lipinski definition) is 7. The fourth-order valence-electron chi connectivity index (χ4n) is 5.13. The van der Waals surface area contributed by atoms with Crippen LogP contribution in [0.15, 0.2) is 65.3 Å². The van der Waals surface area contributed by atoms with Gasteiger partial charge in [-0.2, -0.15) is 5.10 Å². The Labute approximate surface area is 197 Å². The molecule has 0 saturated carbocycles. The molecule has 2 unspecified atom stereocenters. The molecular weight excluding hydrogens is 437 g/mol. The predicted molar refractivity (Wildman–Crippen MR) is 123 cm³/mol. The van der Waals surface area contributed by atoms with Gasteiger partial charge in [0.2, 0.25) is 5.91 Å². The molecule has 10 heteroatoms. The van der Waals surface area contributed by atoms with Gasteiger partial charge in [0.05, 0.1) is 5.92 Å². The van der Waals surface area contributed by atoms with Gasteiger partial charge in [0.15, 0.2) is 0 Å². The molecule has 34 heavy (non-hydrogen) atoms. The first kappa shape index (κ1) is 22.5. The molecule has 0 spiro atoms. The second-order valence-electron chi connectivity index (χ2n) is 8.71. The Kier molecular flexibility index (Phi) is 6.27. The minimum atomic E-state index is -0.386. The molecular formula is C24H28FN7O2. The van der Waals surface area contributed by atoms with E-state index in [1.54, 1.807) is 10.9 Å². The Bertz CT molecular complexity index is 1170. The highest BCUT2D eigenvalue weighted by Gasteiger charge is 2.43. The third-order valence-electron chi connectivity index (χ3n) is 6.62. The number of aryl methyl sites for hydroxylation is 1. The zero-order valence-corrected chi connectivity index (χ0v) is 19.0. The number of hydrogen-bond donors (Lipinski definition) is 4. The summed E-state index contributed by atoms with van der Waals surface area (Å²) in [5.41, 5.74) is 7.86. The molecule has 1 aliphatic carbocycles. The summed E-state index contributed by atoms with van der Waals surface area (Å²) >= 11 is 0.